The Morgan fingerprint density at radius 2 is 1.85 bits per heavy atom. The molecule has 1 aliphatic heterocycles. The summed E-state index contributed by atoms with van der Waals surface area (Å²) in [5.41, 5.74) is 6.77. The third-order valence-electron chi connectivity index (χ3n) is 7.43. The Hall–Kier alpha value is -3.22. The molecule has 0 unspecified atom stereocenters. The highest BCUT2D eigenvalue weighted by Gasteiger charge is 2.40. The van der Waals surface area contributed by atoms with Crippen molar-refractivity contribution in [2.75, 3.05) is 24.7 Å². The summed E-state index contributed by atoms with van der Waals surface area (Å²) < 4.78 is 68.7. The van der Waals surface area contributed by atoms with Crippen molar-refractivity contribution in [1.82, 2.24) is 14.5 Å². The predicted molar refractivity (Wildman–Crippen MR) is 149 cm³/mol. The lowest BCUT2D eigenvalue weighted by atomic mass is 9.90. The van der Waals surface area contributed by atoms with Gasteiger partial charge in [0.2, 0.25) is 0 Å². The third-order valence-corrected chi connectivity index (χ3v) is 9.15. The molecule has 0 radical (unpaired) electrons. The minimum absolute atomic E-state index is 0.0232. The van der Waals surface area contributed by atoms with Gasteiger partial charge in [-0.2, -0.15) is 0 Å². The van der Waals surface area contributed by atoms with E-state index in [0.717, 1.165) is 23.8 Å². The van der Waals surface area contributed by atoms with Crippen LogP contribution in [-0.4, -0.2) is 70.8 Å². The molecule has 0 bridgehead atoms. The fraction of sp³-hybridized carbons (Fsp3) is 0.448. The number of aromatic nitrogens is 2. The Labute approximate surface area is 237 Å². The highest BCUT2D eigenvalue weighted by Crippen LogP contribution is 2.38. The summed E-state index contributed by atoms with van der Waals surface area (Å²) in [7, 11) is -3.27. The van der Waals surface area contributed by atoms with E-state index >= 15 is 0 Å². The van der Waals surface area contributed by atoms with Gasteiger partial charge < -0.3 is 20.3 Å². The van der Waals surface area contributed by atoms with Crippen molar-refractivity contribution in [3.63, 3.8) is 0 Å². The Morgan fingerprint density at radius 1 is 1.17 bits per heavy atom. The lowest BCUT2D eigenvalue weighted by Crippen LogP contribution is -2.47. The van der Waals surface area contributed by atoms with Gasteiger partial charge in [0.05, 0.1) is 23.2 Å². The molecule has 3 aromatic rings. The maximum atomic E-state index is 14.9. The second-order valence-electron chi connectivity index (χ2n) is 10.6. The Kier molecular flexibility index (Phi) is 9.88. The van der Waals surface area contributed by atoms with Gasteiger partial charge in [0.1, 0.15) is 40.1 Å². The van der Waals surface area contributed by atoms with Gasteiger partial charge in [0, 0.05) is 30.9 Å². The minimum Gasteiger partial charge on any atom is -0.384 e. The molecule has 1 saturated heterocycles. The SMILES string of the molecule is C[C@H](O)C(=O)N(CC[C@H](N)CF)[C@H](c1nc(-c2cc(F)ccc2F)cn1Cc1ccccc1)C1CCS(=O)(=O)CC1. The van der Waals surface area contributed by atoms with Gasteiger partial charge in [-0.1, -0.05) is 30.3 Å². The molecular weight excluding hydrogens is 557 g/mol. The number of amides is 1. The Balaban J connectivity index is 1.89. The van der Waals surface area contributed by atoms with Gasteiger partial charge in [-0.25, -0.2) is 26.6 Å². The summed E-state index contributed by atoms with van der Waals surface area (Å²) >= 11 is 0. The van der Waals surface area contributed by atoms with Crippen LogP contribution >= 0.6 is 0 Å². The number of halogens is 3. The minimum atomic E-state index is -3.27. The van der Waals surface area contributed by atoms with Crippen LogP contribution in [-0.2, 0) is 21.2 Å². The van der Waals surface area contributed by atoms with Crippen molar-refractivity contribution >= 4 is 15.7 Å². The zero-order valence-corrected chi connectivity index (χ0v) is 23.6. The maximum Gasteiger partial charge on any atom is 0.251 e. The molecule has 1 amide bonds. The van der Waals surface area contributed by atoms with Crippen LogP contribution in [0.4, 0.5) is 13.2 Å². The van der Waals surface area contributed by atoms with Crippen LogP contribution in [0.3, 0.4) is 0 Å². The molecule has 3 atom stereocenters. The number of nitrogens with zero attached hydrogens (tertiary/aromatic N) is 3. The topological polar surface area (TPSA) is 119 Å². The summed E-state index contributed by atoms with van der Waals surface area (Å²) in [6.45, 7) is 0.748. The van der Waals surface area contributed by atoms with Crippen LogP contribution in [0.5, 0.6) is 0 Å². The highest BCUT2D eigenvalue weighted by molar-refractivity contribution is 7.91. The normalized spacial score (nSPS) is 17.6. The van der Waals surface area contributed by atoms with Crippen LogP contribution in [0.1, 0.15) is 43.6 Å². The summed E-state index contributed by atoms with van der Waals surface area (Å²) in [5, 5.41) is 10.3. The monoisotopic (exact) mass is 592 g/mol. The van der Waals surface area contributed by atoms with E-state index in [4.69, 9.17) is 10.7 Å². The largest absolute Gasteiger partial charge is 0.384 e. The fourth-order valence-corrected chi connectivity index (χ4v) is 6.76. The van der Waals surface area contributed by atoms with Crippen molar-refractivity contribution in [1.29, 1.82) is 0 Å². The molecule has 4 rings (SSSR count). The number of rotatable bonds is 11. The zero-order valence-electron chi connectivity index (χ0n) is 22.8. The number of sulfone groups is 1. The molecule has 0 saturated carbocycles. The summed E-state index contributed by atoms with van der Waals surface area (Å²) in [6.07, 6.45) is 0.678. The van der Waals surface area contributed by atoms with Crippen molar-refractivity contribution in [2.45, 2.75) is 50.9 Å². The van der Waals surface area contributed by atoms with E-state index in [1.54, 1.807) is 10.8 Å². The molecular formula is C29H35F3N4O4S. The molecule has 41 heavy (non-hydrogen) atoms. The molecule has 1 aliphatic rings. The van der Waals surface area contributed by atoms with Crippen LogP contribution in [0.15, 0.2) is 54.7 Å². The van der Waals surface area contributed by atoms with E-state index in [0.29, 0.717) is 5.82 Å². The van der Waals surface area contributed by atoms with Gasteiger partial charge in [-0.3, -0.25) is 4.79 Å². The molecule has 222 valence electrons. The molecule has 0 spiro atoms. The van der Waals surface area contributed by atoms with Gasteiger partial charge in [0.25, 0.3) is 5.91 Å². The molecule has 3 N–H and O–H groups in total. The quantitative estimate of drug-likeness (QED) is 0.351. The van der Waals surface area contributed by atoms with Crippen molar-refractivity contribution < 1.29 is 31.5 Å². The smallest absolute Gasteiger partial charge is 0.251 e. The number of alkyl halides is 1. The molecule has 1 fully saturated rings. The molecule has 8 nitrogen and oxygen atoms in total. The Morgan fingerprint density at radius 3 is 2.49 bits per heavy atom. The first kappa shape index (κ1) is 30.7. The van der Waals surface area contributed by atoms with Gasteiger partial charge in [-0.15, -0.1) is 0 Å². The number of carbonyl (C=O) groups excluding carboxylic acids is 1. The first-order valence-corrected chi connectivity index (χ1v) is 15.4. The number of aliphatic hydroxyl groups is 1. The number of hydrogen-bond acceptors (Lipinski definition) is 6. The van der Waals surface area contributed by atoms with Crippen LogP contribution < -0.4 is 5.73 Å². The summed E-state index contributed by atoms with van der Waals surface area (Å²) in [4.78, 5) is 19.6. The first-order chi connectivity index (χ1) is 19.5. The first-order valence-electron chi connectivity index (χ1n) is 13.6. The van der Waals surface area contributed by atoms with Gasteiger partial charge in [0.15, 0.2) is 0 Å². The average Bonchev–Trinajstić information content (AvgIpc) is 3.35. The number of benzene rings is 2. The number of carbonyl (C=O) groups is 1. The number of hydrogen-bond donors (Lipinski definition) is 2. The number of aliphatic hydroxyl groups excluding tert-OH is 1. The van der Waals surface area contributed by atoms with E-state index in [1.807, 2.05) is 30.3 Å². The van der Waals surface area contributed by atoms with Crippen molar-refractivity contribution in [3.8, 4) is 11.3 Å². The zero-order chi connectivity index (χ0) is 29.7. The average molecular weight is 593 g/mol. The lowest BCUT2D eigenvalue weighted by molar-refractivity contribution is -0.143. The standard InChI is InChI=1S/C29H35F3N4O4S/c1-19(37)29(38)36(12-9-23(33)16-30)27(21-10-13-41(39,40)14-11-21)28-34-26(24-15-22(31)7-8-25(24)32)18-35(28)17-20-5-3-2-4-6-20/h2-8,15,18-19,21,23,27,37H,9-14,16-17,33H2,1H3/t19-,23-,27-/m0/s1. The second kappa shape index (κ2) is 13.2. The molecule has 1 aromatic heterocycles. The Bertz CT molecular complexity index is 1440. The number of imidazole rings is 1. The number of nitrogens with two attached hydrogens (primary N) is 1. The van der Waals surface area contributed by atoms with Crippen molar-refractivity contribution in [3.05, 3.63) is 77.8 Å². The van der Waals surface area contributed by atoms with Crippen LogP contribution in [0.25, 0.3) is 11.3 Å². The maximum absolute atomic E-state index is 14.9. The molecule has 2 heterocycles. The van der Waals surface area contributed by atoms with Crippen LogP contribution in [0.2, 0.25) is 0 Å². The third kappa shape index (κ3) is 7.55. The van der Waals surface area contributed by atoms with Crippen molar-refractivity contribution in [2.24, 2.45) is 11.7 Å². The predicted octanol–water partition coefficient (Wildman–Crippen LogP) is 3.64. The second-order valence-corrected chi connectivity index (χ2v) is 12.9. The summed E-state index contributed by atoms with van der Waals surface area (Å²) in [5.74, 6) is -2.26. The van der Waals surface area contributed by atoms with E-state index < -0.39 is 58.2 Å². The molecule has 12 heteroatoms. The van der Waals surface area contributed by atoms with Gasteiger partial charge >= 0.3 is 0 Å². The lowest BCUT2D eigenvalue weighted by Gasteiger charge is -2.39. The van der Waals surface area contributed by atoms with E-state index in [9.17, 15) is 31.5 Å². The van der Waals surface area contributed by atoms with E-state index in [-0.39, 0.29) is 55.1 Å². The summed E-state index contributed by atoms with van der Waals surface area (Å²) in [6, 6.07) is 10.7. The highest BCUT2D eigenvalue weighted by atomic mass is 32.2. The fourth-order valence-electron chi connectivity index (χ4n) is 5.23. The van der Waals surface area contributed by atoms with Gasteiger partial charge in [-0.05, 0) is 55.9 Å². The van der Waals surface area contributed by atoms with E-state index in [1.165, 1.54) is 11.8 Å². The van der Waals surface area contributed by atoms with E-state index in [2.05, 4.69) is 0 Å². The molecule has 2 aromatic carbocycles. The molecule has 0 aliphatic carbocycles. The van der Waals surface area contributed by atoms with Crippen LogP contribution in [0, 0.1) is 17.6 Å².